The molecule has 224 valence electrons. The van der Waals surface area contributed by atoms with Gasteiger partial charge in [0.1, 0.15) is 17.1 Å². The quantitative estimate of drug-likeness (QED) is 0.228. The predicted octanol–water partition coefficient (Wildman–Crippen LogP) is 6.42. The van der Waals surface area contributed by atoms with Gasteiger partial charge in [-0.05, 0) is 56.0 Å². The number of thiophene rings is 1. The highest BCUT2D eigenvalue weighted by Crippen LogP contribution is 2.38. The van der Waals surface area contributed by atoms with Crippen molar-refractivity contribution < 1.29 is 27.6 Å². The third kappa shape index (κ3) is 7.43. The Morgan fingerprint density at radius 1 is 1.10 bits per heavy atom. The fourth-order valence-corrected chi connectivity index (χ4v) is 6.38. The van der Waals surface area contributed by atoms with Gasteiger partial charge in [0.2, 0.25) is 5.91 Å². The summed E-state index contributed by atoms with van der Waals surface area (Å²) in [5, 5.41) is 14.1. The molecule has 3 heterocycles. The molecule has 14 heteroatoms. The van der Waals surface area contributed by atoms with Crippen LogP contribution in [0.15, 0.2) is 48.7 Å². The molecule has 2 aliphatic rings. The van der Waals surface area contributed by atoms with E-state index in [1.807, 2.05) is 17.0 Å². The number of carbonyl (C=O) groups excluding carboxylic acids is 1. The predicted molar refractivity (Wildman–Crippen MR) is 154 cm³/mol. The summed E-state index contributed by atoms with van der Waals surface area (Å²) in [4.78, 5) is 32.1. The Bertz CT molecular complexity index is 1420. The zero-order chi connectivity index (χ0) is 29.9. The van der Waals surface area contributed by atoms with Gasteiger partial charge in [-0.15, -0.1) is 11.3 Å². The second kappa shape index (κ2) is 12.7. The van der Waals surface area contributed by atoms with Crippen LogP contribution in [0.2, 0.25) is 4.34 Å². The number of anilines is 2. The lowest BCUT2D eigenvalue weighted by Gasteiger charge is -2.35. The first-order valence-electron chi connectivity index (χ1n) is 13.6. The number of rotatable bonds is 8. The highest BCUT2D eigenvalue weighted by Gasteiger charge is 2.38. The summed E-state index contributed by atoms with van der Waals surface area (Å²) in [6, 6.07) is 10.3. The maximum absolute atomic E-state index is 13.3. The number of carbonyl (C=O) groups is 1. The van der Waals surface area contributed by atoms with Crippen molar-refractivity contribution in [3.8, 4) is 5.75 Å². The summed E-state index contributed by atoms with van der Waals surface area (Å²) in [7, 11) is 0. The molecule has 0 unspecified atom stereocenters. The maximum atomic E-state index is 13.3. The average molecular weight is 624 g/mol. The van der Waals surface area contributed by atoms with Crippen molar-refractivity contribution in [2.45, 2.75) is 50.4 Å². The number of hydrogen-bond acceptors (Lipinski definition) is 8. The average Bonchev–Trinajstić information content (AvgIpc) is 3.38. The number of amides is 1. The third-order valence-electron chi connectivity index (χ3n) is 7.47. The minimum Gasteiger partial charge on any atom is -0.490 e. The Morgan fingerprint density at radius 3 is 2.48 bits per heavy atom. The molecule has 3 aromatic rings. The summed E-state index contributed by atoms with van der Waals surface area (Å²) in [6.07, 6.45) is -0.0824. The second-order valence-corrected chi connectivity index (χ2v) is 12.1. The zero-order valence-corrected chi connectivity index (χ0v) is 24.1. The number of aromatic nitrogens is 1. The van der Waals surface area contributed by atoms with Crippen LogP contribution in [-0.2, 0) is 17.4 Å². The molecule has 1 aliphatic heterocycles. The zero-order valence-electron chi connectivity index (χ0n) is 22.5. The number of nitrogens with zero attached hydrogens (tertiary/aromatic N) is 4. The lowest BCUT2D eigenvalue weighted by Crippen LogP contribution is -2.49. The minimum absolute atomic E-state index is 0.0545. The van der Waals surface area contributed by atoms with Crippen molar-refractivity contribution in [2.75, 3.05) is 36.4 Å². The molecular formula is C28H29ClF3N5O4S. The van der Waals surface area contributed by atoms with Crippen molar-refractivity contribution >= 4 is 46.0 Å². The molecule has 1 saturated heterocycles. The smallest absolute Gasteiger partial charge is 0.423 e. The van der Waals surface area contributed by atoms with Gasteiger partial charge in [-0.3, -0.25) is 14.9 Å². The van der Waals surface area contributed by atoms with E-state index in [1.54, 1.807) is 18.3 Å². The van der Waals surface area contributed by atoms with Crippen LogP contribution < -0.4 is 15.0 Å². The third-order valence-corrected chi connectivity index (χ3v) is 8.71. The number of benzene rings is 1. The molecule has 2 fully saturated rings. The van der Waals surface area contributed by atoms with Gasteiger partial charge in [0.15, 0.2) is 0 Å². The number of pyridine rings is 1. The van der Waals surface area contributed by atoms with Gasteiger partial charge in [0.25, 0.3) is 5.69 Å². The van der Waals surface area contributed by atoms with Gasteiger partial charge in [-0.2, -0.15) is 13.2 Å². The molecule has 1 aromatic carbocycles. The lowest BCUT2D eigenvalue weighted by molar-refractivity contribution is -0.388. The van der Waals surface area contributed by atoms with E-state index in [9.17, 15) is 28.1 Å². The molecule has 0 atom stereocenters. The molecule has 1 amide bonds. The van der Waals surface area contributed by atoms with Crippen molar-refractivity contribution in [3.05, 3.63) is 73.6 Å². The van der Waals surface area contributed by atoms with Crippen LogP contribution in [0.4, 0.5) is 30.4 Å². The lowest BCUT2D eigenvalue weighted by atomic mass is 9.92. The van der Waals surface area contributed by atoms with E-state index >= 15 is 0 Å². The number of ether oxygens (including phenoxy) is 1. The fourth-order valence-electron chi connectivity index (χ4n) is 5.30. The first-order chi connectivity index (χ1) is 20.0. The van der Waals surface area contributed by atoms with E-state index in [2.05, 4.69) is 15.2 Å². The van der Waals surface area contributed by atoms with Crippen molar-refractivity contribution in [3.63, 3.8) is 0 Å². The van der Waals surface area contributed by atoms with E-state index in [4.69, 9.17) is 16.3 Å². The summed E-state index contributed by atoms with van der Waals surface area (Å²) in [5.74, 6) is 1.55. The van der Waals surface area contributed by atoms with Crippen LogP contribution >= 0.6 is 22.9 Å². The van der Waals surface area contributed by atoms with Gasteiger partial charge in [0.05, 0.1) is 21.8 Å². The van der Waals surface area contributed by atoms with Gasteiger partial charge < -0.3 is 19.9 Å². The molecule has 5 rings (SSSR count). The van der Waals surface area contributed by atoms with Crippen molar-refractivity contribution in [2.24, 2.45) is 0 Å². The Labute approximate surface area is 249 Å². The summed E-state index contributed by atoms with van der Waals surface area (Å²) in [6.45, 7) is 2.51. The number of nitrogens with one attached hydrogen (secondary N) is 1. The number of piperazine rings is 1. The Kier molecular flexibility index (Phi) is 9.07. The van der Waals surface area contributed by atoms with E-state index in [-0.39, 0.29) is 23.7 Å². The Morgan fingerprint density at radius 2 is 1.83 bits per heavy atom. The standard InChI is InChI=1S/C28H29ClF3N5O4S/c29-25-8-6-22(42-25)17-27(38)36-13-11-35(12-14-36)26-16-21(9-10-33-26)41-20-4-1-18(2-5-20)34-19-3-7-24(37(39)40)23(15-19)28(30,31)32/h3,6-10,15-16,18,20,34H,1-2,4-5,11-14,17H2. The van der Waals surface area contributed by atoms with Gasteiger partial charge in [-0.25, -0.2) is 4.98 Å². The molecule has 2 aromatic heterocycles. The van der Waals surface area contributed by atoms with Crippen molar-refractivity contribution in [1.82, 2.24) is 9.88 Å². The van der Waals surface area contributed by atoms with Crippen LogP contribution in [0.3, 0.4) is 0 Å². The van der Waals surface area contributed by atoms with Crippen molar-refractivity contribution in [1.29, 1.82) is 0 Å². The van der Waals surface area contributed by atoms with Crippen LogP contribution in [-0.4, -0.2) is 59.0 Å². The van der Waals surface area contributed by atoms with Gasteiger partial charge in [-0.1, -0.05) is 11.6 Å². The number of nitro benzene ring substituents is 1. The van der Waals surface area contributed by atoms with E-state index in [1.165, 1.54) is 17.4 Å². The second-order valence-electron chi connectivity index (χ2n) is 10.3. The van der Waals surface area contributed by atoms with Crippen LogP contribution in [0, 0.1) is 10.1 Å². The molecule has 0 spiro atoms. The monoisotopic (exact) mass is 623 g/mol. The summed E-state index contributed by atoms with van der Waals surface area (Å²) >= 11 is 7.39. The molecule has 42 heavy (non-hydrogen) atoms. The molecule has 1 aliphatic carbocycles. The van der Waals surface area contributed by atoms with Gasteiger partial charge >= 0.3 is 6.18 Å². The molecular weight excluding hydrogens is 595 g/mol. The van der Waals surface area contributed by atoms with E-state index in [0.29, 0.717) is 68.4 Å². The number of nitro groups is 1. The summed E-state index contributed by atoms with van der Waals surface area (Å²) in [5.41, 5.74) is -2.02. The molecule has 1 N–H and O–H groups in total. The molecule has 0 radical (unpaired) electrons. The SMILES string of the molecule is O=C(Cc1ccc(Cl)s1)N1CCN(c2cc(OC3CCC(Nc4ccc([N+](=O)[O-])c(C(F)(F)F)c4)CC3)ccn2)CC1. The topological polar surface area (TPSA) is 101 Å². The molecule has 0 bridgehead atoms. The highest BCUT2D eigenvalue weighted by molar-refractivity contribution is 7.16. The van der Waals surface area contributed by atoms with Gasteiger partial charge in [0, 0.05) is 61.1 Å². The first kappa shape index (κ1) is 29.9. The Hall–Kier alpha value is -3.58. The maximum Gasteiger partial charge on any atom is 0.423 e. The van der Waals surface area contributed by atoms with E-state index in [0.717, 1.165) is 22.8 Å². The largest absolute Gasteiger partial charge is 0.490 e. The number of halogens is 4. The van der Waals surface area contributed by atoms with Crippen LogP contribution in [0.25, 0.3) is 0 Å². The first-order valence-corrected chi connectivity index (χ1v) is 14.8. The highest BCUT2D eigenvalue weighted by atomic mass is 35.5. The summed E-state index contributed by atoms with van der Waals surface area (Å²) < 4.78 is 46.9. The Balaban J connectivity index is 1.10. The molecule has 1 saturated carbocycles. The number of hydrogen-bond donors (Lipinski definition) is 1. The number of alkyl halides is 3. The van der Waals surface area contributed by atoms with Crippen LogP contribution in [0.5, 0.6) is 5.75 Å². The minimum atomic E-state index is -4.82. The van der Waals surface area contributed by atoms with Crippen LogP contribution in [0.1, 0.15) is 36.1 Å². The fraction of sp³-hybridized carbons (Fsp3) is 0.429. The molecule has 9 nitrogen and oxygen atoms in total. The normalized spacial score (nSPS) is 19.4. The van der Waals surface area contributed by atoms with E-state index < -0.39 is 22.4 Å².